The Morgan fingerprint density at radius 3 is 3.00 bits per heavy atom. The molecule has 2 rings (SSSR count). The number of nitrogens with two attached hydrogens (primary N) is 1. The molecule has 2 aromatic rings. The van der Waals surface area contributed by atoms with Gasteiger partial charge in [0, 0.05) is 18.3 Å². The number of nitrogens with zero attached hydrogens (tertiary/aromatic N) is 2. The van der Waals surface area contributed by atoms with E-state index in [0.29, 0.717) is 29.5 Å². The van der Waals surface area contributed by atoms with E-state index >= 15 is 0 Å². The summed E-state index contributed by atoms with van der Waals surface area (Å²) in [6.07, 6.45) is 1.63. The van der Waals surface area contributed by atoms with Crippen LogP contribution in [-0.2, 0) is 0 Å². The second kappa shape index (κ2) is 7.06. The minimum Gasteiger partial charge on any atom is -0.492 e. The van der Waals surface area contributed by atoms with E-state index in [4.69, 9.17) is 15.2 Å². The Labute approximate surface area is 125 Å². The summed E-state index contributed by atoms with van der Waals surface area (Å²) < 4.78 is 11.3. The van der Waals surface area contributed by atoms with Gasteiger partial charge in [0.2, 0.25) is 11.8 Å². The molecule has 0 bridgehead atoms. The van der Waals surface area contributed by atoms with Gasteiger partial charge in [-0.1, -0.05) is 6.07 Å². The van der Waals surface area contributed by atoms with E-state index in [1.54, 1.807) is 13.3 Å². The summed E-state index contributed by atoms with van der Waals surface area (Å²) >= 11 is 3.31. The van der Waals surface area contributed by atoms with Crippen LogP contribution in [-0.4, -0.2) is 30.2 Å². The van der Waals surface area contributed by atoms with E-state index in [9.17, 15) is 0 Å². The highest BCUT2D eigenvalue weighted by molar-refractivity contribution is 9.10. The number of benzene rings is 1. The first-order valence-corrected chi connectivity index (χ1v) is 6.78. The Balaban J connectivity index is 2.13. The zero-order valence-corrected chi connectivity index (χ0v) is 12.6. The van der Waals surface area contributed by atoms with Crippen LogP contribution in [0.4, 0.5) is 11.6 Å². The maximum atomic E-state index is 5.46. The Kier molecular flexibility index (Phi) is 5.14. The fraction of sp³-hybridized carbons (Fsp3) is 0.231. The smallest absolute Gasteiger partial charge is 0.232 e. The van der Waals surface area contributed by atoms with Gasteiger partial charge in [0.05, 0.1) is 17.8 Å². The molecule has 7 heteroatoms. The van der Waals surface area contributed by atoms with Crippen LogP contribution in [0.5, 0.6) is 11.6 Å². The molecule has 1 aromatic heterocycles. The van der Waals surface area contributed by atoms with Crippen molar-refractivity contribution < 1.29 is 9.47 Å². The van der Waals surface area contributed by atoms with Crippen LogP contribution < -0.4 is 20.5 Å². The van der Waals surface area contributed by atoms with Crippen molar-refractivity contribution in [3.05, 3.63) is 34.9 Å². The first-order chi connectivity index (χ1) is 9.72. The van der Waals surface area contributed by atoms with Gasteiger partial charge < -0.3 is 20.5 Å². The molecular formula is C13H15BrN4O2. The predicted molar refractivity (Wildman–Crippen MR) is 80.6 cm³/mol. The average molecular weight is 339 g/mol. The third kappa shape index (κ3) is 3.82. The fourth-order valence-corrected chi connectivity index (χ4v) is 1.88. The summed E-state index contributed by atoms with van der Waals surface area (Å²) in [5.74, 6) is 1.66. The highest BCUT2D eigenvalue weighted by Gasteiger charge is 2.05. The molecule has 0 aliphatic rings. The van der Waals surface area contributed by atoms with Crippen LogP contribution in [0.15, 0.2) is 34.9 Å². The number of anilines is 2. The largest absolute Gasteiger partial charge is 0.492 e. The zero-order valence-electron chi connectivity index (χ0n) is 11.0. The second-order valence-corrected chi connectivity index (χ2v) is 4.70. The molecule has 106 valence electrons. The number of hydrogen-bond acceptors (Lipinski definition) is 6. The molecule has 0 amide bonds. The maximum Gasteiger partial charge on any atom is 0.232 e. The lowest BCUT2D eigenvalue weighted by Gasteiger charge is -2.09. The van der Waals surface area contributed by atoms with Crippen molar-refractivity contribution in [1.82, 2.24) is 9.97 Å². The van der Waals surface area contributed by atoms with Gasteiger partial charge in [0.25, 0.3) is 0 Å². The number of aromatic nitrogens is 2. The standard InChI is InChI=1S/C13H15BrN4O2/c1-19-12-11(14)8-16-13(18-12)17-9-3-2-4-10(7-9)20-6-5-15/h2-4,7-8H,5-6,15H2,1H3,(H,16,17,18). The van der Waals surface area contributed by atoms with Crippen molar-refractivity contribution in [2.45, 2.75) is 0 Å². The number of halogens is 1. The zero-order chi connectivity index (χ0) is 14.4. The Hall–Kier alpha value is -1.86. The lowest BCUT2D eigenvalue weighted by Crippen LogP contribution is -2.10. The molecule has 0 aliphatic heterocycles. The Bertz CT molecular complexity index is 580. The third-order valence-corrected chi connectivity index (χ3v) is 2.93. The molecule has 0 saturated heterocycles. The van der Waals surface area contributed by atoms with Gasteiger partial charge in [-0.05, 0) is 28.1 Å². The molecule has 0 aliphatic carbocycles. The number of methoxy groups -OCH3 is 1. The molecule has 1 heterocycles. The summed E-state index contributed by atoms with van der Waals surface area (Å²) in [6.45, 7) is 0.955. The van der Waals surface area contributed by atoms with E-state index in [1.165, 1.54) is 0 Å². The van der Waals surface area contributed by atoms with Gasteiger partial charge in [-0.25, -0.2) is 4.98 Å². The molecule has 0 spiro atoms. The van der Waals surface area contributed by atoms with Crippen LogP contribution in [0.3, 0.4) is 0 Å². The molecule has 1 aromatic carbocycles. The fourth-order valence-electron chi connectivity index (χ4n) is 1.52. The predicted octanol–water partition coefficient (Wildman–Crippen LogP) is 2.33. The van der Waals surface area contributed by atoms with Gasteiger partial charge in [-0.3, -0.25) is 0 Å². The number of rotatable bonds is 6. The Morgan fingerprint density at radius 2 is 2.25 bits per heavy atom. The molecule has 0 saturated carbocycles. The van der Waals surface area contributed by atoms with Crippen LogP contribution in [0.2, 0.25) is 0 Å². The van der Waals surface area contributed by atoms with E-state index in [1.807, 2.05) is 24.3 Å². The topological polar surface area (TPSA) is 82.3 Å². The highest BCUT2D eigenvalue weighted by atomic mass is 79.9. The summed E-state index contributed by atoms with van der Waals surface area (Å²) in [7, 11) is 1.55. The minimum absolute atomic E-state index is 0.445. The molecule has 0 fully saturated rings. The molecule has 6 nitrogen and oxygen atoms in total. The van der Waals surface area contributed by atoms with Crippen molar-refractivity contribution in [2.24, 2.45) is 5.73 Å². The van der Waals surface area contributed by atoms with Crippen molar-refractivity contribution in [2.75, 3.05) is 25.6 Å². The summed E-state index contributed by atoms with van der Waals surface area (Å²) in [5, 5.41) is 3.09. The number of nitrogens with one attached hydrogen (secondary N) is 1. The maximum absolute atomic E-state index is 5.46. The number of hydrogen-bond donors (Lipinski definition) is 2. The van der Waals surface area contributed by atoms with Gasteiger partial charge >= 0.3 is 0 Å². The van der Waals surface area contributed by atoms with Gasteiger partial charge in [0.15, 0.2) is 0 Å². The first-order valence-electron chi connectivity index (χ1n) is 5.99. The summed E-state index contributed by atoms with van der Waals surface area (Å²) in [5.41, 5.74) is 6.23. The molecule has 0 atom stereocenters. The van der Waals surface area contributed by atoms with Gasteiger partial charge in [-0.15, -0.1) is 0 Å². The second-order valence-electron chi connectivity index (χ2n) is 3.84. The normalized spacial score (nSPS) is 10.2. The van der Waals surface area contributed by atoms with Crippen LogP contribution in [0.1, 0.15) is 0 Å². The Morgan fingerprint density at radius 1 is 1.40 bits per heavy atom. The van der Waals surface area contributed by atoms with Crippen LogP contribution >= 0.6 is 15.9 Å². The van der Waals surface area contributed by atoms with Gasteiger partial charge in [-0.2, -0.15) is 4.98 Å². The molecule has 20 heavy (non-hydrogen) atoms. The van der Waals surface area contributed by atoms with Crippen molar-refractivity contribution in [3.63, 3.8) is 0 Å². The highest BCUT2D eigenvalue weighted by Crippen LogP contribution is 2.24. The molecular weight excluding hydrogens is 324 g/mol. The van der Waals surface area contributed by atoms with E-state index in [0.717, 1.165) is 11.4 Å². The van der Waals surface area contributed by atoms with E-state index in [-0.39, 0.29) is 0 Å². The van der Waals surface area contributed by atoms with E-state index < -0.39 is 0 Å². The van der Waals surface area contributed by atoms with Crippen molar-refractivity contribution in [3.8, 4) is 11.6 Å². The summed E-state index contributed by atoms with van der Waals surface area (Å²) in [4.78, 5) is 8.39. The monoisotopic (exact) mass is 338 g/mol. The minimum atomic E-state index is 0.445. The summed E-state index contributed by atoms with van der Waals surface area (Å²) in [6, 6.07) is 7.49. The lowest BCUT2D eigenvalue weighted by atomic mass is 10.3. The van der Waals surface area contributed by atoms with Crippen molar-refractivity contribution >= 4 is 27.6 Å². The average Bonchev–Trinajstić information content (AvgIpc) is 2.47. The quantitative estimate of drug-likeness (QED) is 0.841. The van der Waals surface area contributed by atoms with Crippen molar-refractivity contribution in [1.29, 1.82) is 0 Å². The lowest BCUT2D eigenvalue weighted by molar-refractivity contribution is 0.328. The van der Waals surface area contributed by atoms with Gasteiger partial charge in [0.1, 0.15) is 12.4 Å². The molecule has 3 N–H and O–H groups in total. The van der Waals surface area contributed by atoms with Crippen LogP contribution in [0.25, 0.3) is 0 Å². The van der Waals surface area contributed by atoms with Crippen LogP contribution in [0, 0.1) is 0 Å². The third-order valence-electron chi connectivity index (χ3n) is 2.38. The SMILES string of the molecule is COc1nc(Nc2cccc(OCCN)c2)ncc1Br. The first kappa shape index (κ1) is 14.5. The van der Waals surface area contributed by atoms with E-state index in [2.05, 4.69) is 31.2 Å². The number of ether oxygens (including phenoxy) is 2. The molecule has 0 unspecified atom stereocenters. The molecule has 0 radical (unpaired) electrons.